The zero-order valence-corrected chi connectivity index (χ0v) is 13.4. The number of rotatable bonds is 6. The van der Waals surface area contributed by atoms with E-state index in [2.05, 4.69) is 64.2 Å². The van der Waals surface area contributed by atoms with Gasteiger partial charge in [-0.1, -0.05) is 41.1 Å². The van der Waals surface area contributed by atoms with Gasteiger partial charge in [0.05, 0.1) is 0 Å². The molecule has 100 valence electrons. The number of halogens is 1. The van der Waals surface area contributed by atoms with E-state index in [-0.39, 0.29) is 0 Å². The second-order valence-electron chi connectivity index (χ2n) is 4.91. The molecular weight excluding hydrogens is 306 g/mol. The molecular formula is C15H22BrNS. The number of thioether (sulfide) groups is 1. The summed E-state index contributed by atoms with van der Waals surface area (Å²) in [6.45, 7) is 3.37. The Bertz CT molecular complexity index is 363. The van der Waals surface area contributed by atoms with E-state index in [1.807, 2.05) is 0 Å². The van der Waals surface area contributed by atoms with Gasteiger partial charge < -0.3 is 5.32 Å². The highest BCUT2D eigenvalue weighted by molar-refractivity contribution is 9.10. The molecule has 0 amide bonds. The predicted molar refractivity (Wildman–Crippen MR) is 85.4 cm³/mol. The molecule has 2 atom stereocenters. The molecule has 0 radical (unpaired) electrons. The summed E-state index contributed by atoms with van der Waals surface area (Å²) < 4.78 is 1.25. The minimum Gasteiger partial charge on any atom is -0.313 e. The zero-order chi connectivity index (χ0) is 12.8. The summed E-state index contributed by atoms with van der Waals surface area (Å²) in [7, 11) is 0. The molecule has 2 unspecified atom stereocenters. The van der Waals surface area contributed by atoms with Crippen molar-refractivity contribution in [2.75, 3.05) is 12.3 Å². The van der Waals surface area contributed by atoms with Crippen LogP contribution in [0.2, 0.25) is 0 Å². The first-order valence-electron chi connectivity index (χ1n) is 6.89. The molecule has 1 nitrogen and oxygen atoms in total. The largest absolute Gasteiger partial charge is 0.313 e. The van der Waals surface area contributed by atoms with E-state index in [9.17, 15) is 0 Å². The highest BCUT2D eigenvalue weighted by Crippen LogP contribution is 2.31. The van der Waals surface area contributed by atoms with E-state index < -0.39 is 0 Å². The van der Waals surface area contributed by atoms with Crippen LogP contribution in [0.5, 0.6) is 0 Å². The predicted octanol–water partition coefficient (Wildman–Crippen LogP) is 4.26. The van der Waals surface area contributed by atoms with Crippen molar-refractivity contribution >= 4 is 27.7 Å². The first-order valence-corrected chi connectivity index (χ1v) is 8.74. The van der Waals surface area contributed by atoms with Crippen LogP contribution < -0.4 is 5.32 Å². The van der Waals surface area contributed by atoms with E-state index in [1.54, 1.807) is 0 Å². The van der Waals surface area contributed by atoms with Gasteiger partial charge in [-0.05, 0) is 49.6 Å². The third-order valence-corrected chi connectivity index (χ3v) is 5.76. The fraction of sp³-hybridized carbons (Fsp3) is 0.600. The summed E-state index contributed by atoms with van der Waals surface area (Å²) in [6, 6.07) is 9.24. The highest BCUT2D eigenvalue weighted by Gasteiger charge is 2.25. The maximum Gasteiger partial charge on any atom is 0.0227 e. The Hall–Kier alpha value is 0.01000. The number of benzene rings is 1. The Morgan fingerprint density at radius 2 is 2.28 bits per heavy atom. The average molecular weight is 328 g/mol. The Balaban J connectivity index is 2.02. The molecule has 1 aromatic carbocycles. The maximum atomic E-state index is 3.75. The molecule has 1 N–H and O–H groups in total. The van der Waals surface area contributed by atoms with Crippen LogP contribution in [-0.2, 0) is 6.42 Å². The fourth-order valence-electron chi connectivity index (χ4n) is 2.49. The first kappa shape index (κ1) is 14.4. The van der Waals surface area contributed by atoms with Crippen LogP contribution in [0.4, 0.5) is 0 Å². The zero-order valence-electron chi connectivity index (χ0n) is 11.0. The lowest BCUT2D eigenvalue weighted by Gasteiger charge is -2.24. The van der Waals surface area contributed by atoms with Gasteiger partial charge in [0.25, 0.3) is 0 Å². The van der Waals surface area contributed by atoms with E-state index in [4.69, 9.17) is 0 Å². The molecule has 1 fully saturated rings. The van der Waals surface area contributed by atoms with Crippen LogP contribution in [0.25, 0.3) is 0 Å². The van der Waals surface area contributed by atoms with Crippen LogP contribution in [0.3, 0.4) is 0 Å². The fourth-order valence-corrected chi connectivity index (χ4v) is 4.33. The lowest BCUT2D eigenvalue weighted by molar-refractivity contribution is 0.481. The van der Waals surface area contributed by atoms with Gasteiger partial charge >= 0.3 is 0 Å². The van der Waals surface area contributed by atoms with Gasteiger partial charge in [0.2, 0.25) is 0 Å². The number of hydrogen-bond acceptors (Lipinski definition) is 2. The van der Waals surface area contributed by atoms with Crippen LogP contribution in [-0.4, -0.2) is 23.6 Å². The number of hydrogen-bond donors (Lipinski definition) is 1. The van der Waals surface area contributed by atoms with Crippen molar-refractivity contribution in [2.24, 2.45) is 0 Å². The van der Waals surface area contributed by atoms with Crippen molar-refractivity contribution in [3.63, 3.8) is 0 Å². The van der Waals surface area contributed by atoms with E-state index >= 15 is 0 Å². The second-order valence-corrected chi connectivity index (χ2v) is 7.11. The van der Waals surface area contributed by atoms with Crippen molar-refractivity contribution in [3.05, 3.63) is 34.3 Å². The monoisotopic (exact) mass is 327 g/mol. The molecule has 0 aliphatic carbocycles. The molecule has 0 saturated carbocycles. The molecule has 0 bridgehead atoms. The summed E-state index contributed by atoms with van der Waals surface area (Å²) in [5, 5.41) is 4.54. The van der Waals surface area contributed by atoms with E-state index in [1.165, 1.54) is 35.1 Å². The third-order valence-electron chi connectivity index (χ3n) is 3.47. The molecule has 1 aromatic rings. The van der Waals surface area contributed by atoms with Crippen molar-refractivity contribution in [1.29, 1.82) is 0 Å². The van der Waals surface area contributed by atoms with Gasteiger partial charge in [-0.3, -0.25) is 0 Å². The standard InChI is InChI=1S/C15H22BrNS/c1-2-9-17-14(15-8-5-10-18-15)11-12-6-3-4-7-13(12)16/h3-4,6-7,14-15,17H,2,5,8-11H2,1H3. The molecule has 0 aromatic heterocycles. The van der Waals surface area contributed by atoms with E-state index in [0.717, 1.165) is 18.2 Å². The van der Waals surface area contributed by atoms with Crippen molar-refractivity contribution in [1.82, 2.24) is 5.32 Å². The SMILES string of the molecule is CCCNC(Cc1ccccc1Br)C1CCCS1. The van der Waals surface area contributed by atoms with Crippen molar-refractivity contribution in [2.45, 2.75) is 43.9 Å². The lowest BCUT2D eigenvalue weighted by atomic mass is 10.0. The summed E-state index contributed by atoms with van der Waals surface area (Å²) in [6.07, 6.45) is 5.11. The maximum absolute atomic E-state index is 3.75. The Morgan fingerprint density at radius 3 is 2.94 bits per heavy atom. The smallest absolute Gasteiger partial charge is 0.0227 e. The normalized spacial score (nSPS) is 21.1. The quantitative estimate of drug-likeness (QED) is 0.838. The minimum absolute atomic E-state index is 0.621. The minimum atomic E-state index is 0.621. The Morgan fingerprint density at radius 1 is 1.44 bits per heavy atom. The molecule has 3 heteroatoms. The molecule has 2 rings (SSSR count). The first-order chi connectivity index (χ1) is 8.81. The van der Waals surface area contributed by atoms with E-state index in [0.29, 0.717) is 6.04 Å². The molecule has 18 heavy (non-hydrogen) atoms. The van der Waals surface area contributed by atoms with Gasteiger partial charge in [0.15, 0.2) is 0 Å². The van der Waals surface area contributed by atoms with Crippen LogP contribution in [0.15, 0.2) is 28.7 Å². The molecule has 1 aliphatic heterocycles. The van der Waals surface area contributed by atoms with Gasteiger partial charge in [-0.15, -0.1) is 0 Å². The van der Waals surface area contributed by atoms with Crippen LogP contribution in [0, 0.1) is 0 Å². The van der Waals surface area contributed by atoms with Gasteiger partial charge in [-0.2, -0.15) is 11.8 Å². The lowest BCUT2D eigenvalue weighted by Crippen LogP contribution is -2.39. The summed E-state index contributed by atoms with van der Waals surface area (Å²) in [5.74, 6) is 1.34. The topological polar surface area (TPSA) is 12.0 Å². The Kier molecular flexibility index (Phi) is 6.06. The average Bonchev–Trinajstić information content (AvgIpc) is 2.90. The highest BCUT2D eigenvalue weighted by atomic mass is 79.9. The van der Waals surface area contributed by atoms with Gasteiger partial charge in [-0.25, -0.2) is 0 Å². The van der Waals surface area contributed by atoms with Crippen molar-refractivity contribution < 1.29 is 0 Å². The Labute approximate surface area is 123 Å². The molecule has 0 spiro atoms. The van der Waals surface area contributed by atoms with Gasteiger partial charge in [0.1, 0.15) is 0 Å². The summed E-state index contributed by atoms with van der Waals surface area (Å²) in [4.78, 5) is 0. The summed E-state index contributed by atoms with van der Waals surface area (Å²) >= 11 is 5.82. The second kappa shape index (κ2) is 7.56. The molecule has 1 saturated heterocycles. The molecule has 1 aliphatic rings. The summed E-state index contributed by atoms with van der Waals surface area (Å²) in [5.41, 5.74) is 1.43. The van der Waals surface area contributed by atoms with Gasteiger partial charge in [0, 0.05) is 15.8 Å². The molecule has 1 heterocycles. The number of nitrogens with one attached hydrogen (secondary N) is 1. The third kappa shape index (κ3) is 4.01. The van der Waals surface area contributed by atoms with Crippen LogP contribution >= 0.6 is 27.7 Å². The van der Waals surface area contributed by atoms with Crippen LogP contribution in [0.1, 0.15) is 31.7 Å². The van der Waals surface area contributed by atoms with Crippen molar-refractivity contribution in [3.8, 4) is 0 Å².